The highest BCUT2D eigenvalue weighted by Crippen LogP contribution is 2.70. The van der Waals surface area contributed by atoms with Crippen LogP contribution in [0.5, 0.6) is 0 Å². The monoisotopic (exact) mass is 534 g/mol. The van der Waals surface area contributed by atoms with Crippen LogP contribution in [0.3, 0.4) is 0 Å². The number of nitrogens with one attached hydrogen (secondary N) is 3. The van der Waals surface area contributed by atoms with E-state index in [2.05, 4.69) is 84.2 Å². The van der Waals surface area contributed by atoms with Crippen LogP contribution < -0.4 is 10.6 Å². The molecule has 2 aliphatic carbocycles. The molecule has 2 bridgehead atoms. The number of anilines is 1. The fourth-order valence-electron chi connectivity index (χ4n) is 8.03. The molecule has 0 spiro atoms. The number of Topliss-reactive ketones (excluding diaryl/α,β-unsaturated/α-hetero) is 1. The second kappa shape index (κ2) is 10.0. The SMILES string of the molecule is CCc1cc(-c2ccc3c(c2)CC(C)C(C)C(=O)C(Nc2ccc(CCC4CC5CNCC46CC56)cc2)=N3)c[nH]1. The van der Waals surface area contributed by atoms with E-state index >= 15 is 0 Å². The largest absolute Gasteiger partial charge is 0.364 e. The van der Waals surface area contributed by atoms with Crippen LogP contribution in [-0.2, 0) is 24.1 Å². The Balaban J connectivity index is 1.08. The third kappa shape index (κ3) is 4.52. The molecule has 6 unspecified atom stereocenters. The molecule has 4 aliphatic rings. The summed E-state index contributed by atoms with van der Waals surface area (Å²) < 4.78 is 0. The molecule has 6 atom stereocenters. The first-order chi connectivity index (χ1) is 19.4. The molecule has 208 valence electrons. The van der Waals surface area contributed by atoms with Crippen molar-refractivity contribution in [2.24, 2.45) is 40.0 Å². The van der Waals surface area contributed by atoms with Gasteiger partial charge < -0.3 is 15.6 Å². The van der Waals surface area contributed by atoms with Crippen molar-refractivity contribution < 1.29 is 4.79 Å². The first-order valence-corrected chi connectivity index (χ1v) is 15.4. The van der Waals surface area contributed by atoms with E-state index < -0.39 is 0 Å². The molecule has 2 saturated carbocycles. The maximum absolute atomic E-state index is 13.5. The normalized spacial score (nSPS) is 30.6. The lowest BCUT2D eigenvalue weighted by Gasteiger charge is -2.24. The van der Waals surface area contributed by atoms with Crippen LogP contribution in [0.15, 0.2) is 59.7 Å². The third-order valence-electron chi connectivity index (χ3n) is 10.8. The first kappa shape index (κ1) is 25.8. The molecule has 7 rings (SSSR count). The Labute approximate surface area is 238 Å². The Morgan fingerprint density at radius 1 is 1.07 bits per heavy atom. The van der Waals surface area contributed by atoms with Gasteiger partial charge in [0.1, 0.15) is 0 Å². The summed E-state index contributed by atoms with van der Waals surface area (Å²) in [5.74, 6) is 3.47. The first-order valence-electron chi connectivity index (χ1n) is 15.4. The highest BCUT2D eigenvalue weighted by molar-refractivity contribution is 6.44. The molecule has 3 heterocycles. The van der Waals surface area contributed by atoms with Gasteiger partial charge in [-0.15, -0.1) is 0 Å². The van der Waals surface area contributed by atoms with E-state index in [1.54, 1.807) is 0 Å². The fourth-order valence-corrected chi connectivity index (χ4v) is 8.03. The number of carbonyl (C=O) groups is 1. The number of hydrogen-bond donors (Lipinski definition) is 3. The number of amidine groups is 1. The molecule has 2 aromatic carbocycles. The Bertz CT molecular complexity index is 1450. The van der Waals surface area contributed by atoms with E-state index in [4.69, 9.17) is 4.99 Å². The minimum atomic E-state index is -0.104. The summed E-state index contributed by atoms with van der Waals surface area (Å²) in [6.07, 6.45) is 9.22. The van der Waals surface area contributed by atoms with Crippen LogP contribution in [0, 0.1) is 35.0 Å². The molecule has 3 aromatic rings. The zero-order valence-corrected chi connectivity index (χ0v) is 24.1. The van der Waals surface area contributed by atoms with Gasteiger partial charge in [0, 0.05) is 30.0 Å². The number of aromatic nitrogens is 1. The van der Waals surface area contributed by atoms with Gasteiger partial charge in [0.15, 0.2) is 5.84 Å². The summed E-state index contributed by atoms with van der Waals surface area (Å²) in [4.78, 5) is 21.8. The molecular weight excluding hydrogens is 492 g/mol. The molecule has 5 heteroatoms. The van der Waals surface area contributed by atoms with Crippen LogP contribution in [0.1, 0.15) is 56.9 Å². The number of piperidine rings is 1. The molecule has 1 saturated heterocycles. The van der Waals surface area contributed by atoms with Gasteiger partial charge in [-0.3, -0.25) is 4.79 Å². The average molecular weight is 535 g/mol. The summed E-state index contributed by atoms with van der Waals surface area (Å²) in [7, 11) is 0. The topological polar surface area (TPSA) is 69.3 Å². The number of ketones is 1. The highest BCUT2D eigenvalue weighted by atomic mass is 16.1. The van der Waals surface area contributed by atoms with Crippen LogP contribution in [0.2, 0.25) is 0 Å². The summed E-state index contributed by atoms with van der Waals surface area (Å²) in [6, 6.07) is 17.4. The molecule has 0 radical (unpaired) electrons. The van der Waals surface area contributed by atoms with Crippen LogP contribution in [-0.4, -0.2) is 29.7 Å². The standard InChI is InChI=1S/C35H42N4O/c1-4-29-16-26(19-37-29)24-8-12-32-25(14-24)13-21(2)22(3)33(40)34(39-32)38-30-10-6-23(7-11-30)5-9-28-15-27-18-36-20-35(28)17-31(27)35/h6-8,10-12,14,16,19,21-22,27-28,31,36-37H,4-5,9,13,15,17-18,20H2,1-3H3,(H,38,39). The summed E-state index contributed by atoms with van der Waals surface area (Å²) >= 11 is 0. The lowest BCUT2D eigenvalue weighted by molar-refractivity contribution is -0.117. The van der Waals surface area contributed by atoms with Gasteiger partial charge in [-0.25, -0.2) is 4.99 Å². The number of aliphatic imine (C=N–C) groups is 1. The lowest BCUT2D eigenvalue weighted by Crippen LogP contribution is -2.33. The predicted octanol–water partition coefficient (Wildman–Crippen LogP) is 6.96. The second-order valence-electron chi connectivity index (χ2n) is 13.1. The minimum Gasteiger partial charge on any atom is -0.364 e. The summed E-state index contributed by atoms with van der Waals surface area (Å²) in [5, 5.41) is 7.09. The van der Waals surface area contributed by atoms with E-state index in [0.717, 1.165) is 48.4 Å². The smallest absolute Gasteiger partial charge is 0.201 e. The van der Waals surface area contributed by atoms with Gasteiger partial charge in [-0.05, 0) is 127 Å². The van der Waals surface area contributed by atoms with E-state index in [0.29, 0.717) is 11.3 Å². The number of benzene rings is 2. The predicted molar refractivity (Wildman–Crippen MR) is 163 cm³/mol. The van der Waals surface area contributed by atoms with E-state index in [1.165, 1.54) is 60.3 Å². The van der Waals surface area contributed by atoms with Crippen molar-refractivity contribution in [3.05, 3.63) is 71.5 Å². The Morgan fingerprint density at radius 3 is 2.70 bits per heavy atom. The Hall–Kier alpha value is -3.18. The molecule has 3 fully saturated rings. The van der Waals surface area contributed by atoms with Gasteiger partial charge in [0.25, 0.3) is 0 Å². The number of H-pyrrole nitrogens is 1. The molecular formula is C35H42N4O. The van der Waals surface area contributed by atoms with Crippen molar-refractivity contribution in [2.45, 2.75) is 59.3 Å². The van der Waals surface area contributed by atoms with Gasteiger partial charge in [0.05, 0.1) is 5.69 Å². The molecule has 40 heavy (non-hydrogen) atoms. The van der Waals surface area contributed by atoms with Crippen molar-refractivity contribution >= 4 is 23.0 Å². The van der Waals surface area contributed by atoms with Crippen molar-refractivity contribution in [3.8, 4) is 11.1 Å². The molecule has 3 N–H and O–H groups in total. The minimum absolute atomic E-state index is 0.0868. The van der Waals surface area contributed by atoms with Crippen molar-refractivity contribution in [3.63, 3.8) is 0 Å². The van der Waals surface area contributed by atoms with Gasteiger partial charge >= 0.3 is 0 Å². The molecule has 1 aromatic heterocycles. The summed E-state index contributed by atoms with van der Waals surface area (Å²) in [6.45, 7) is 8.86. The number of fused-ring (bicyclic) bond motifs is 1. The molecule has 2 aliphatic heterocycles. The Morgan fingerprint density at radius 2 is 1.93 bits per heavy atom. The number of carbonyl (C=O) groups excluding carboxylic acids is 1. The second-order valence-corrected chi connectivity index (χ2v) is 13.1. The average Bonchev–Trinajstić information content (AvgIpc) is 3.50. The molecule has 0 amide bonds. The third-order valence-corrected chi connectivity index (χ3v) is 10.8. The lowest BCUT2D eigenvalue weighted by atomic mass is 9.84. The Kier molecular flexibility index (Phi) is 6.46. The number of rotatable bonds is 6. The zero-order valence-electron chi connectivity index (χ0n) is 24.1. The van der Waals surface area contributed by atoms with Crippen molar-refractivity contribution in [2.75, 3.05) is 18.4 Å². The maximum atomic E-state index is 13.5. The number of nitrogens with zero attached hydrogens (tertiary/aromatic N) is 1. The van der Waals surface area contributed by atoms with Gasteiger partial charge in [-0.1, -0.05) is 39.0 Å². The van der Waals surface area contributed by atoms with E-state index in [-0.39, 0.29) is 17.6 Å². The summed E-state index contributed by atoms with van der Waals surface area (Å²) in [5.41, 5.74) is 8.65. The quantitative estimate of drug-likeness (QED) is 0.320. The van der Waals surface area contributed by atoms with Gasteiger partial charge in [0.2, 0.25) is 5.78 Å². The highest BCUT2D eigenvalue weighted by Gasteiger charge is 2.67. The van der Waals surface area contributed by atoms with Crippen molar-refractivity contribution in [1.82, 2.24) is 10.3 Å². The van der Waals surface area contributed by atoms with E-state index in [9.17, 15) is 4.79 Å². The van der Waals surface area contributed by atoms with Gasteiger partial charge in [-0.2, -0.15) is 0 Å². The number of aromatic amines is 1. The van der Waals surface area contributed by atoms with E-state index in [1.807, 2.05) is 6.92 Å². The van der Waals surface area contributed by atoms with Crippen LogP contribution in [0.25, 0.3) is 11.1 Å². The number of hydrogen-bond acceptors (Lipinski definition) is 4. The van der Waals surface area contributed by atoms with Crippen LogP contribution >= 0.6 is 0 Å². The van der Waals surface area contributed by atoms with Crippen molar-refractivity contribution in [1.29, 1.82) is 0 Å². The van der Waals surface area contributed by atoms with Crippen LogP contribution in [0.4, 0.5) is 11.4 Å². The number of aryl methyl sites for hydroxylation is 2. The fraction of sp³-hybridized carbons (Fsp3) is 0.486. The maximum Gasteiger partial charge on any atom is 0.201 e. The molecule has 5 nitrogen and oxygen atoms in total. The zero-order chi connectivity index (χ0) is 27.4.